The van der Waals surface area contributed by atoms with E-state index in [-0.39, 0.29) is 12.5 Å². The summed E-state index contributed by atoms with van der Waals surface area (Å²) in [5.74, 6) is 0.141. The summed E-state index contributed by atoms with van der Waals surface area (Å²) >= 11 is 1.35. The molecule has 0 saturated heterocycles. The van der Waals surface area contributed by atoms with Crippen LogP contribution in [0.4, 0.5) is 0 Å². The Kier molecular flexibility index (Phi) is 8.09. The van der Waals surface area contributed by atoms with Crippen molar-refractivity contribution in [3.05, 3.63) is 40.3 Å². The first kappa shape index (κ1) is 26.2. The highest BCUT2D eigenvalue weighted by atomic mass is 32.1. The van der Waals surface area contributed by atoms with Gasteiger partial charge in [-0.3, -0.25) is 4.79 Å². The molecule has 1 heterocycles. The van der Waals surface area contributed by atoms with Crippen LogP contribution in [0.1, 0.15) is 73.7 Å². The van der Waals surface area contributed by atoms with Gasteiger partial charge in [-0.05, 0) is 54.1 Å². The fourth-order valence-corrected chi connectivity index (χ4v) is 6.76. The first-order chi connectivity index (χ1) is 16.0. The quantitative estimate of drug-likeness (QED) is 0.495. The summed E-state index contributed by atoms with van der Waals surface area (Å²) in [6.45, 7) is 11.9. The van der Waals surface area contributed by atoms with Crippen molar-refractivity contribution < 1.29 is 19.1 Å². The van der Waals surface area contributed by atoms with Crippen LogP contribution >= 0.6 is 11.3 Å². The van der Waals surface area contributed by atoms with Crippen LogP contribution < -0.4 is 15.8 Å². The number of ether oxygens (including phenoxy) is 2. The van der Waals surface area contributed by atoms with Crippen LogP contribution in [0.15, 0.2) is 24.3 Å². The number of thiophene rings is 1. The molecule has 0 spiro atoms. The van der Waals surface area contributed by atoms with Crippen molar-refractivity contribution in [1.29, 1.82) is 0 Å². The van der Waals surface area contributed by atoms with E-state index in [1.807, 2.05) is 6.92 Å². The molecule has 186 valence electrons. The molecule has 1 aromatic heterocycles. The molecule has 0 radical (unpaired) electrons. The number of hydrogen-bond donors (Lipinski definition) is 2. The van der Waals surface area contributed by atoms with Gasteiger partial charge < -0.3 is 20.5 Å². The van der Waals surface area contributed by atoms with E-state index in [1.165, 1.54) is 30.4 Å². The molecule has 7 heteroatoms. The predicted octanol–water partition coefficient (Wildman–Crippen LogP) is 5.28. The number of rotatable bonds is 8. The first-order valence-electron chi connectivity index (χ1n) is 11.9. The topological polar surface area (TPSA) is 90.6 Å². The van der Waals surface area contributed by atoms with Gasteiger partial charge in [0, 0.05) is 23.5 Å². The van der Waals surface area contributed by atoms with Crippen LogP contribution in [-0.4, -0.2) is 38.7 Å². The minimum atomic E-state index is -0.469. The molecule has 3 rings (SSSR count). The second kappa shape index (κ2) is 10.5. The van der Waals surface area contributed by atoms with Gasteiger partial charge in [0.05, 0.1) is 7.11 Å². The maximum Gasteiger partial charge on any atom is 0.351 e. The third-order valence-electron chi connectivity index (χ3n) is 6.45. The molecule has 34 heavy (non-hydrogen) atoms. The molecule has 0 atom stereocenters. The molecule has 1 amide bonds. The molecule has 1 fully saturated rings. The molecule has 1 aliphatic rings. The lowest BCUT2D eigenvalue weighted by atomic mass is 9.60. The molecule has 3 N–H and O–H groups in total. The smallest absolute Gasteiger partial charge is 0.351 e. The Labute approximate surface area is 207 Å². The Morgan fingerprint density at radius 3 is 2.47 bits per heavy atom. The van der Waals surface area contributed by atoms with E-state index < -0.39 is 5.97 Å². The number of hydrogen-bond acceptors (Lipinski definition) is 6. The molecule has 0 unspecified atom stereocenters. The molecule has 6 nitrogen and oxygen atoms in total. The van der Waals surface area contributed by atoms with Gasteiger partial charge in [0.15, 0.2) is 11.5 Å². The van der Waals surface area contributed by atoms with Gasteiger partial charge >= 0.3 is 5.97 Å². The summed E-state index contributed by atoms with van der Waals surface area (Å²) in [6, 6.07) is 8.63. The third kappa shape index (κ3) is 6.19. The van der Waals surface area contributed by atoms with Gasteiger partial charge in [0.1, 0.15) is 5.75 Å². The van der Waals surface area contributed by atoms with Crippen LogP contribution in [0.25, 0.3) is 10.4 Å². The van der Waals surface area contributed by atoms with Crippen molar-refractivity contribution >= 4 is 23.2 Å². The summed E-state index contributed by atoms with van der Waals surface area (Å²) in [5.41, 5.74) is 9.24. The fourth-order valence-electron chi connectivity index (χ4n) is 5.59. The third-order valence-corrected chi connectivity index (χ3v) is 7.75. The zero-order chi connectivity index (χ0) is 25.1. The van der Waals surface area contributed by atoms with Gasteiger partial charge in [-0.2, -0.15) is 0 Å². The van der Waals surface area contributed by atoms with E-state index >= 15 is 0 Å². The lowest BCUT2D eigenvalue weighted by molar-refractivity contribution is -0.123. The first-order valence-corrected chi connectivity index (χ1v) is 12.7. The van der Waals surface area contributed by atoms with Crippen LogP contribution in [0.2, 0.25) is 0 Å². The van der Waals surface area contributed by atoms with E-state index in [0.717, 1.165) is 28.8 Å². The average Bonchev–Trinajstić information content (AvgIpc) is 3.09. The molecule has 1 aliphatic carbocycles. The summed E-state index contributed by atoms with van der Waals surface area (Å²) in [7, 11) is 1.35. The Hall–Kier alpha value is -2.38. The number of carbonyl (C=O) groups excluding carboxylic acids is 2. The highest BCUT2D eigenvalue weighted by molar-refractivity contribution is 7.18. The average molecular weight is 487 g/mol. The lowest BCUT2D eigenvalue weighted by Gasteiger charge is -2.45. The Balaban J connectivity index is 1.93. The summed E-state index contributed by atoms with van der Waals surface area (Å²) in [6.07, 6.45) is 3.54. The van der Waals surface area contributed by atoms with Crippen molar-refractivity contribution in [2.45, 2.75) is 59.8 Å². The SMILES string of the molecule is COC(=O)c1sc(-c2cccc(C3CC(C)(C)CC(C)(C)C3)c2)c(C)c1OCC(=O)NCCN. The standard InChI is InChI=1S/C27H38N2O4S/c1-17-22(33-15-21(30)29-11-10-28)24(25(31)32-6)34-23(17)19-9-7-8-18(12-19)20-13-26(2,3)16-27(4,5)14-20/h7-9,12,20H,10-11,13-16,28H2,1-6H3,(H,29,30). The number of benzene rings is 1. The van der Waals surface area contributed by atoms with Crippen molar-refractivity contribution in [1.82, 2.24) is 5.32 Å². The van der Waals surface area contributed by atoms with E-state index in [2.05, 4.69) is 57.3 Å². The van der Waals surface area contributed by atoms with Crippen molar-refractivity contribution in [3.8, 4) is 16.2 Å². The van der Waals surface area contributed by atoms with Crippen LogP contribution in [0, 0.1) is 17.8 Å². The van der Waals surface area contributed by atoms with Gasteiger partial charge in [-0.1, -0.05) is 52.0 Å². The second-order valence-electron chi connectivity index (χ2n) is 10.9. The molecular formula is C27H38N2O4S. The number of methoxy groups -OCH3 is 1. The van der Waals surface area contributed by atoms with Crippen LogP contribution in [0.3, 0.4) is 0 Å². The van der Waals surface area contributed by atoms with Gasteiger partial charge in [-0.25, -0.2) is 4.79 Å². The van der Waals surface area contributed by atoms with E-state index in [1.54, 1.807) is 0 Å². The minimum absolute atomic E-state index is 0.187. The number of nitrogens with two attached hydrogens (primary N) is 1. The molecule has 1 aromatic carbocycles. The van der Waals surface area contributed by atoms with Crippen LogP contribution in [-0.2, 0) is 9.53 Å². The molecule has 0 aliphatic heterocycles. The van der Waals surface area contributed by atoms with E-state index in [4.69, 9.17) is 15.2 Å². The highest BCUT2D eigenvalue weighted by Crippen LogP contribution is 2.52. The molecule has 1 saturated carbocycles. The monoisotopic (exact) mass is 486 g/mol. The maximum atomic E-state index is 12.5. The highest BCUT2D eigenvalue weighted by Gasteiger charge is 2.39. The Morgan fingerprint density at radius 2 is 1.85 bits per heavy atom. The van der Waals surface area contributed by atoms with Gasteiger partial charge in [0.2, 0.25) is 0 Å². The Morgan fingerprint density at radius 1 is 1.18 bits per heavy atom. The zero-order valence-corrected chi connectivity index (χ0v) is 22.1. The Bertz CT molecular complexity index is 1030. The lowest BCUT2D eigenvalue weighted by Crippen LogP contribution is -2.33. The van der Waals surface area contributed by atoms with Gasteiger partial charge in [-0.15, -0.1) is 11.3 Å². The van der Waals surface area contributed by atoms with Crippen molar-refractivity contribution in [2.24, 2.45) is 16.6 Å². The molecule has 0 bridgehead atoms. The largest absolute Gasteiger partial charge is 0.482 e. The second-order valence-corrected chi connectivity index (χ2v) is 11.9. The predicted molar refractivity (Wildman–Crippen MR) is 138 cm³/mol. The number of carbonyl (C=O) groups is 2. The summed E-state index contributed by atoms with van der Waals surface area (Å²) in [4.78, 5) is 25.9. The number of esters is 1. The van der Waals surface area contributed by atoms with Crippen molar-refractivity contribution in [3.63, 3.8) is 0 Å². The minimum Gasteiger partial charge on any atom is -0.482 e. The van der Waals surface area contributed by atoms with Crippen LogP contribution in [0.5, 0.6) is 5.75 Å². The normalized spacial score (nSPS) is 17.3. The summed E-state index contributed by atoms with van der Waals surface area (Å²) in [5, 5.41) is 2.68. The van der Waals surface area contributed by atoms with Crippen molar-refractivity contribution in [2.75, 3.05) is 26.8 Å². The molecule has 2 aromatic rings. The number of amides is 1. The van der Waals surface area contributed by atoms with E-state index in [0.29, 0.717) is 40.5 Å². The summed E-state index contributed by atoms with van der Waals surface area (Å²) < 4.78 is 10.8. The fraction of sp³-hybridized carbons (Fsp3) is 0.556. The van der Waals surface area contributed by atoms with E-state index in [9.17, 15) is 9.59 Å². The zero-order valence-electron chi connectivity index (χ0n) is 21.2. The maximum absolute atomic E-state index is 12.5. The van der Waals surface area contributed by atoms with Gasteiger partial charge in [0.25, 0.3) is 5.91 Å². The number of nitrogens with one attached hydrogen (secondary N) is 1. The molecular weight excluding hydrogens is 448 g/mol.